The Labute approximate surface area is 116 Å². The molecule has 1 N–H and O–H groups in total. The molecule has 0 spiro atoms. The van der Waals surface area contributed by atoms with Crippen molar-refractivity contribution in [1.82, 2.24) is 19.3 Å². The molecule has 0 aromatic carbocycles. The van der Waals surface area contributed by atoms with E-state index in [1.165, 1.54) is 0 Å². The van der Waals surface area contributed by atoms with E-state index >= 15 is 0 Å². The summed E-state index contributed by atoms with van der Waals surface area (Å²) in [7, 11) is 0. The lowest BCUT2D eigenvalue weighted by molar-refractivity contribution is 0.639. The van der Waals surface area contributed by atoms with Crippen molar-refractivity contribution in [1.29, 1.82) is 0 Å². The quantitative estimate of drug-likeness (QED) is 0.502. The van der Waals surface area contributed by atoms with E-state index in [0.29, 0.717) is 0 Å². The van der Waals surface area contributed by atoms with Crippen LogP contribution in [-0.2, 0) is 13.1 Å². The second-order valence-electron chi connectivity index (χ2n) is 4.05. The number of fused-ring (bicyclic) bond motifs is 1. The van der Waals surface area contributed by atoms with E-state index in [9.17, 15) is 0 Å². The highest BCUT2D eigenvalue weighted by atomic mass is 32.2. The lowest BCUT2D eigenvalue weighted by Gasteiger charge is -2.05. The van der Waals surface area contributed by atoms with Crippen LogP contribution in [0.2, 0.25) is 0 Å². The molecule has 0 atom stereocenters. The fourth-order valence-corrected chi connectivity index (χ4v) is 2.94. The van der Waals surface area contributed by atoms with Gasteiger partial charge in [0.1, 0.15) is 5.52 Å². The SMILES string of the molecule is C=CCSCCn1c(=S)[nH]c2c(C)nn(CC)c21. The minimum absolute atomic E-state index is 0.784. The molecule has 2 aromatic rings. The first kappa shape index (κ1) is 13.4. The predicted octanol–water partition coefficient (Wildman–Crippen LogP) is 3.14. The summed E-state index contributed by atoms with van der Waals surface area (Å²) in [5.74, 6) is 2.01. The molecule has 0 amide bonds. The number of aromatic amines is 1. The average molecular weight is 282 g/mol. The van der Waals surface area contributed by atoms with Crippen LogP contribution in [0.15, 0.2) is 12.7 Å². The van der Waals surface area contributed by atoms with E-state index in [0.717, 1.165) is 46.2 Å². The third-order valence-corrected chi connectivity index (χ3v) is 4.09. The maximum atomic E-state index is 5.39. The normalized spacial score (nSPS) is 11.2. The monoisotopic (exact) mass is 282 g/mol. The minimum Gasteiger partial charge on any atom is -0.328 e. The van der Waals surface area contributed by atoms with Crippen molar-refractivity contribution in [2.45, 2.75) is 26.9 Å². The number of thioether (sulfide) groups is 1. The number of aryl methyl sites for hydroxylation is 3. The summed E-state index contributed by atoms with van der Waals surface area (Å²) >= 11 is 7.25. The highest BCUT2D eigenvalue weighted by Crippen LogP contribution is 2.18. The first-order valence-electron chi connectivity index (χ1n) is 6.03. The maximum Gasteiger partial charge on any atom is 0.179 e. The second kappa shape index (κ2) is 5.75. The predicted molar refractivity (Wildman–Crippen MR) is 80.8 cm³/mol. The summed E-state index contributed by atoms with van der Waals surface area (Å²) in [5, 5.41) is 4.51. The van der Waals surface area contributed by atoms with Gasteiger partial charge in [-0.2, -0.15) is 16.9 Å². The first-order valence-corrected chi connectivity index (χ1v) is 7.59. The van der Waals surface area contributed by atoms with Crippen molar-refractivity contribution >= 4 is 35.1 Å². The molecule has 0 aliphatic rings. The lowest BCUT2D eigenvalue weighted by Crippen LogP contribution is -2.07. The van der Waals surface area contributed by atoms with Gasteiger partial charge in [0, 0.05) is 24.6 Å². The highest BCUT2D eigenvalue weighted by molar-refractivity contribution is 7.99. The van der Waals surface area contributed by atoms with Gasteiger partial charge in [0.2, 0.25) is 0 Å². The Morgan fingerprint density at radius 2 is 2.33 bits per heavy atom. The lowest BCUT2D eigenvalue weighted by atomic mass is 10.4. The molecular formula is C12H18N4S2. The molecule has 0 saturated heterocycles. The van der Waals surface area contributed by atoms with Crippen LogP contribution in [-0.4, -0.2) is 30.8 Å². The van der Waals surface area contributed by atoms with Crippen LogP contribution in [0.4, 0.5) is 0 Å². The smallest absolute Gasteiger partial charge is 0.179 e. The molecule has 98 valence electrons. The van der Waals surface area contributed by atoms with Crippen LogP contribution in [0.1, 0.15) is 12.6 Å². The Bertz CT molecular complexity index is 605. The molecule has 18 heavy (non-hydrogen) atoms. The molecule has 0 aliphatic carbocycles. The van der Waals surface area contributed by atoms with E-state index in [2.05, 4.69) is 28.2 Å². The Hall–Kier alpha value is -1.01. The summed E-state index contributed by atoms with van der Waals surface area (Å²) in [4.78, 5) is 3.26. The average Bonchev–Trinajstić information content (AvgIpc) is 2.83. The van der Waals surface area contributed by atoms with Crippen molar-refractivity contribution in [2.75, 3.05) is 11.5 Å². The molecule has 6 heteroatoms. The van der Waals surface area contributed by atoms with E-state index < -0.39 is 0 Å². The van der Waals surface area contributed by atoms with E-state index in [1.54, 1.807) is 0 Å². The summed E-state index contributed by atoms with van der Waals surface area (Å²) < 4.78 is 4.94. The van der Waals surface area contributed by atoms with Crippen LogP contribution in [0.3, 0.4) is 0 Å². The molecule has 0 bridgehead atoms. The Morgan fingerprint density at radius 1 is 1.56 bits per heavy atom. The standard InChI is InChI=1S/C12H18N4S2/c1-4-7-18-8-6-15-11-10(13-12(15)17)9(3)14-16(11)5-2/h4H,1,5-8H2,2-3H3,(H,13,17). The third kappa shape index (κ3) is 2.40. The summed E-state index contributed by atoms with van der Waals surface area (Å²) in [6, 6.07) is 0. The number of hydrogen-bond acceptors (Lipinski definition) is 3. The molecule has 0 saturated carbocycles. The molecule has 2 aromatic heterocycles. The van der Waals surface area contributed by atoms with Crippen molar-refractivity contribution in [3.63, 3.8) is 0 Å². The van der Waals surface area contributed by atoms with Crippen molar-refractivity contribution in [3.05, 3.63) is 23.1 Å². The largest absolute Gasteiger partial charge is 0.328 e. The van der Waals surface area contributed by atoms with Crippen LogP contribution < -0.4 is 0 Å². The van der Waals surface area contributed by atoms with Gasteiger partial charge in [0.15, 0.2) is 10.4 Å². The van der Waals surface area contributed by atoms with Crippen molar-refractivity contribution < 1.29 is 0 Å². The zero-order valence-electron chi connectivity index (χ0n) is 10.8. The highest BCUT2D eigenvalue weighted by Gasteiger charge is 2.13. The first-order chi connectivity index (χ1) is 8.69. The van der Waals surface area contributed by atoms with Crippen LogP contribution in [0, 0.1) is 11.7 Å². The molecule has 4 nitrogen and oxygen atoms in total. The zero-order valence-corrected chi connectivity index (χ0v) is 12.4. The van der Waals surface area contributed by atoms with Gasteiger partial charge in [-0.15, -0.1) is 6.58 Å². The topological polar surface area (TPSA) is 38.5 Å². The number of nitrogens with zero attached hydrogens (tertiary/aromatic N) is 3. The van der Waals surface area contributed by atoms with Crippen LogP contribution in [0.25, 0.3) is 11.2 Å². The fraction of sp³-hybridized carbons (Fsp3) is 0.500. The molecule has 0 fully saturated rings. The molecule has 2 heterocycles. The summed E-state index contributed by atoms with van der Waals surface area (Å²) in [5.41, 5.74) is 3.19. The Balaban J connectivity index is 2.33. The van der Waals surface area contributed by atoms with Gasteiger partial charge in [-0.05, 0) is 26.1 Å². The number of rotatable bonds is 6. The van der Waals surface area contributed by atoms with Gasteiger partial charge in [-0.1, -0.05) is 6.08 Å². The molecule has 0 unspecified atom stereocenters. The summed E-state index contributed by atoms with van der Waals surface area (Å²) in [6.07, 6.45) is 1.93. The van der Waals surface area contributed by atoms with Gasteiger partial charge in [0.05, 0.1) is 5.69 Å². The van der Waals surface area contributed by atoms with Gasteiger partial charge in [-0.3, -0.25) is 0 Å². The van der Waals surface area contributed by atoms with Gasteiger partial charge in [0.25, 0.3) is 0 Å². The summed E-state index contributed by atoms with van der Waals surface area (Å²) in [6.45, 7) is 9.59. The van der Waals surface area contributed by atoms with Gasteiger partial charge < -0.3 is 9.55 Å². The van der Waals surface area contributed by atoms with Crippen LogP contribution in [0.5, 0.6) is 0 Å². The maximum absolute atomic E-state index is 5.39. The molecular weight excluding hydrogens is 264 g/mol. The minimum atomic E-state index is 0.784. The molecule has 0 aliphatic heterocycles. The Morgan fingerprint density at radius 3 is 3.00 bits per heavy atom. The van der Waals surface area contributed by atoms with Crippen molar-refractivity contribution in [3.8, 4) is 0 Å². The third-order valence-electron chi connectivity index (χ3n) is 2.83. The van der Waals surface area contributed by atoms with Crippen molar-refractivity contribution in [2.24, 2.45) is 0 Å². The number of hydrogen-bond donors (Lipinski definition) is 1. The van der Waals surface area contributed by atoms with Crippen LogP contribution >= 0.6 is 24.0 Å². The Kier molecular flexibility index (Phi) is 4.29. The molecule has 0 radical (unpaired) electrons. The fourth-order valence-electron chi connectivity index (χ4n) is 2.01. The zero-order chi connectivity index (χ0) is 13.1. The van der Waals surface area contributed by atoms with Gasteiger partial charge in [-0.25, -0.2) is 4.68 Å². The van der Waals surface area contributed by atoms with Gasteiger partial charge >= 0.3 is 0 Å². The van der Waals surface area contributed by atoms with E-state index in [4.69, 9.17) is 12.2 Å². The number of H-pyrrole nitrogens is 1. The van der Waals surface area contributed by atoms with E-state index in [1.807, 2.05) is 29.4 Å². The second-order valence-corrected chi connectivity index (χ2v) is 5.58. The number of nitrogens with one attached hydrogen (secondary N) is 1. The molecule has 2 rings (SSSR count). The van der Waals surface area contributed by atoms with E-state index in [-0.39, 0.29) is 0 Å². The number of imidazole rings is 1. The number of aromatic nitrogens is 4.